The molecule has 4 heteroatoms. The highest BCUT2D eigenvalue weighted by molar-refractivity contribution is 5.90. The molecule has 0 saturated carbocycles. The van der Waals surface area contributed by atoms with Crippen LogP contribution >= 0.6 is 0 Å². The lowest BCUT2D eigenvalue weighted by atomic mass is 9.86. The number of Topliss-reactive ketones (excluding diaryl/α,β-unsaturated/α-hetero) is 1. The number of hydrogen-bond acceptors (Lipinski definition) is 2. The van der Waals surface area contributed by atoms with Crippen LogP contribution in [0.4, 0.5) is 8.78 Å². The number of benzene rings is 2. The Bertz CT molecular complexity index is 624. The van der Waals surface area contributed by atoms with E-state index in [9.17, 15) is 13.6 Å². The van der Waals surface area contributed by atoms with Gasteiger partial charge < -0.3 is 5.73 Å². The highest BCUT2D eigenvalue weighted by atomic mass is 19.2. The van der Waals surface area contributed by atoms with Crippen LogP contribution in [0.3, 0.4) is 0 Å². The fourth-order valence-corrected chi connectivity index (χ4v) is 1.96. The van der Waals surface area contributed by atoms with Gasteiger partial charge in [-0.1, -0.05) is 36.4 Å². The molecule has 104 valence electrons. The van der Waals surface area contributed by atoms with Gasteiger partial charge in [0.1, 0.15) is 0 Å². The van der Waals surface area contributed by atoms with E-state index in [-0.39, 0.29) is 12.2 Å². The van der Waals surface area contributed by atoms with E-state index in [1.54, 1.807) is 31.2 Å². The van der Waals surface area contributed by atoms with Crippen molar-refractivity contribution in [1.29, 1.82) is 0 Å². The van der Waals surface area contributed by atoms with Crippen molar-refractivity contribution >= 4 is 5.78 Å². The van der Waals surface area contributed by atoms with Crippen LogP contribution in [0.5, 0.6) is 0 Å². The normalized spacial score (nSPS) is 13.8. The number of halogens is 2. The van der Waals surface area contributed by atoms with Crippen molar-refractivity contribution in [2.24, 2.45) is 5.73 Å². The van der Waals surface area contributed by atoms with E-state index in [0.717, 1.165) is 12.1 Å². The van der Waals surface area contributed by atoms with Crippen molar-refractivity contribution in [2.75, 3.05) is 0 Å². The summed E-state index contributed by atoms with van der Waals surface area (Å²) in [6.45, 7) is 1.62. The maximum atomic E-state index is 13.1. The number of hydrogen-bond donors (Lipinski definition) is 1. The number of ketones is 1. The van der Waals surface area contributed by atoms with Gasteiger partial charge in [-0.15, -0.1) is 0 Å². The van der Waals surface area contributed by atoms with E-state index in [1.165, 1.54) is 6.07 Å². The molecule has 0 aliphatic heterocycles. The highest BCUT2D eigenvalue weighted by Crippen LogP contribution is 2.21. The van der Waals surface area contributed by atoms with E-state index >= 15 is 0 Å². The Morgan fingerprint density at radius 1 is 1.10 bits per heavy atom. The second kappa shape index (κ2) is 5.51. The summed E-state index contributed by atoms with van der Waals surface area (Å²) < 4.78 is 26.0. The molecule has 1 unspecified atom stereocenters. The van der Waals surface area contributed by atoms with Gasteiger partial charge >= 0.3 is 0 Å². The third-order valence-corrected chi connectivity index (χ3v) is 3.30. The number of carbonyl (C=O) groups is 1. The molecule has 0 spiro atoms. The first kappa shape index (κ1) is 14.3. The molecular formula is C16H15F2NO. The van der Waals surface area contributed by atoms with Crippen LogP contribution in [0.15, 0.2) is 48.5 Å². The molecule has 0 fully saturated rings. The Morgan fingerprint density at radius 2 is 1.75 bits per heavy atom. The maximum absolute atomic E-state index is 13.1. The molecule has 0 heterocycles. The van der Waals surface area contributed by atoms with Crippen LogP contribution in [-0.4, -0.2) is 5.78 Å². The third-order valence-electron chi connectivity index (χ3n) is 3.30. The average Bonchev–Trinajstić information content (AvgIpc) is 2.44. The van der Waals surface area contributed by atoms with Crippen LogP contribution in [0.1, 0.15) is 18.1 Å². The van der Waals surface area contributed by atoms with Crippen molar-refractivity contribution in [1.82, 2.24) is 0 Å². The molecule has 0 amide bonds. The molecule has 0 aromatic heterocycles. The second-order valence-electron chi connectivity index (χ2n) is 4.92. The Kier molecular flexibility index (Phi) is 3.95. The SMILES string of the molecule is CC(N)(C(=O)Cc1ccc(F)c(F)c1)c1ccccc1. The van der Waals surface area contributed by atoms with Gasteiger partial charge in [0.05, 0.1) is 5.54 Å². The highest BCUT2D eigenvalue weighted by Gasteiger charge is 2.29. The number of rotatable bonds is 4. The molecule has 0 saturated heterocycles. The first-order valence-electron chi connectivity index (χ1n) is 6.23. The zero-order valence-electron chi connectivity index (χ0n) is 11.1. The predicted molar refractivity (Wildman–Crippen MR) is 73.1 cm³/mol. The van der Waals surface area contributed by atoms with Crippen LogP contribution in [0, 0.1) is 11.6 Å². The first-order valence-corrected chi connectivity index (χ1v) is 6.23. The monoisotopic (exact) mass is 275 g/mol. The molecule has 20 heavy (non-hydrogen) atoms. The van der Waals surface area contributed by atoms with Crippen LogP contribution in [0.25, 0.3) is 0 Å². The van der Waals surface area contributed by atoms with Crippen LogP contribution < -0.4 is 5.73 Å². The van der Waals surface area contributed by atoms with Crippen molar-refractivity contribution in [2.45, 2.75) is 18.9 Å². The van der Waals surface area contributed by atoms with E-state index in [2.05, 4.69) is 0 Å². The summed E-state index contributed by atoms with van der Waals surface area (Å²) in [6.07, 6.45) is -0.0426. The molecule has 2 nitrogen and oxygen atoms in total. The van der Waals surface area contributed by atoms with Gasteiger partial charge in [0.15, 0.2) is 17.4 Å². The van der Waals surface area contributed by atoms with Gasteiger partial charge in [0.2, 0.25) is 0 Å². The molecule has 0 aliphatic carbocycles. The molecule has 2 aromatic carbocycles. The molecule has 0 bridgehead atoms. The molecule has 0 aliphatic rings. The zero-order valence-corrected chi connectivity index (χ0v) is 11.1. The lowest BCUT2D eigenvalue weighted by Gasteiger charge is -2.23. The van der Waals surface area contributed by atoms with Gasteiger partial charge in [-0.05, 0) is 30.2 Å². The topological polar surface area (TPSA) is 43.1 Å². The fourth-order valence-electron chi connectivity index (χ4n) is 1.96. The van der Waals surface area contributed by atoms with Crippen molar-refractivity contribution in [3.8, 4) is 0 Å². The Labute approximate surface area is 116 Å². The lowest BCUT2D eigenvalue weighted by Crippen LogP contribution is -2.42. The molecule has 0 radical (unpaired) electrons. The summed E-state index contributed by atoms with van der Waals surface area (Å²) in [6, 6.07) is 12.4. The van der Waals surface area contributed by atoms with Gasteiger partial charge in [0, 0.05) is 6.42 Å². The summed E-state index contributed by atoms with van der Waals surface area (Å²) in [7, 11) is 0. The van der Waals surface area contributed by atoms with Crippen molar-refractivity contribution in [3.63, 3.8) is 0 Å². The standard InChI is InChI=1S/C16H15F2NO/c1-16(19,12-5-3-2-4-6-12)15(20)10-11-7-8-13(17)14(18)9-11/h2-9H,10,19H2,1H3. The fraction of sp³-hybridized carbons (Fsp3) is 0.188. The van der Waals surface area contributed by atoms with Gasteiger partial charge in [0.25, 0.3) is 0 Å². The van der Waals surface area contributed by atoms with Gasteiger partial charge in [-0.2, -0.15) is 0 Å². The summed E-state index contributed by atoms with van der Waals surface area (Å²) in [5, 5.41) is 0. The molecular weight excluding hydrogens is 260 g/mol. The minimum atomic E-state index is -1.16. The Balaban J connectivity index is 2.21. The summed E-state index contributed by atoms with van der Waals surface area (Å²) in [4.78, 5) is 12.3. The summed E-state index contributed by atoms with van der Waals surface area (Å²) >= 11 is 0. The zero-order chi connectivity index (χ0) is 14.8. The molecule has 2 rings (SSSR count). The minimum absolute atomic E-state index is 0.0426. The Hall–Kier alpha value is -2.07. The van der Waals surface area contributed by atoms with Crippen molar-refractivity contribution in [3.05, 3.63) is 71.3 Å². The van der Waals surface area contributed by atoms with Crippen LogP contribution in [-0.2, 0) is 16.8 Å². The Morgan fingerprint density at radius 3 is 2.35 bits per heavy atom. The van der Waals surface area contributed by atoms with Gasteiger partial charge in [-0.3, -0.25) is 4.79 Å². The minimum Gasteiger partial charge on any atom is -0.315 e. The van der Waals surface area contributed by atoms with Crippen LogP contribution in [0.2, 0.25) is 0 Å². The third kappa shape index (κ3) is 2.91. The largest absolute Gasteiger partial charge is 0.315 e. The average molecular weight is 275 g/mol. The number of carbonyl (C=O) groups excluding carboxylic acids is 1. The van der Waals surface area contributed by atoms with E-state index in [0.29, 0.717) is 11.1 Å². The quantitative estimate of drug-likeness (QED) is 0.932. The molecule has 2 N–H and O–H groups in total. The summed E-state index contributed by atoms with van der Waals surface area (Å²) in [5.41, 5.74) is 6.01. The smallest absolute Gasteiger partial charge is 0.161 e. The number of nitrogens with two attached hydrogens (primary N) is 1. The molecule has 2 aromatic rings. The maximum Gasteiger partial charge on any atom is 0.161 e. The van der Waals surface area contributed by atoms with E-state index in [4.69, 9.17) is 5.73 Å². The van der Waals surface area contributed by atoms with E-state index in [1.807, 2.05) is 6.07 Å². The lowest BCUT2D eigenvalue weighted by molar-refractivity contribution is -0.123. The predicted octanol–water partition coefficient (Wildman–Crippen LogP) is 2.95. The summed E-state index contributed by atoms with van der Waals surface area (Å²) in [5.74, 6) is -2.15. The first-order chi connectivity index (χ1) is 9.41. The van der Waals surface area contributed by atoms with Gasteiger partial charge in [-0.25, -0.2) is 8.78 Å². The van der Waals surface area contributed by atoms with Crippen molar-refractivity contribution < 1.29 is 13.6 Å². The second-order valence-corrected chi connectivity index (χ2v) is 4.92. The van der Waals surface area contributed by atoms with E-state index < -0.39 is 17.2 Å². The molecule has 1 atom stereocenters.